The third kappa shape index (κ3) is 50.7. The van der Waals surface area contributed by atoms with Gasteiger partial charge in [-0.15, -0.1) is 0 Å². The molecule has 32 valence electrons. The fraction of sp³-hybridized carbons (Fsp3) is 0. The number of phosphoric acid groups is 1. The van der Waals surface area contributed by atoms with E-state index in [1.165, 1.54) is 0 Å². The Morgan fingerprint density at radius 2 is 1.14 bits per heavy atom. The molecule has 0 saturated carbocycles. The molecule has 7 heteroatoms. The fourth-order valence-electron chi connectivity index (χ4n) is 0. The largest absolute Gasteiger partial charge is 3.00 e. The van der Waals surface area contributed by atoms with E-state index >= 15 is 0 Å². The molecule has 0 rings (SSSR count). The molecular formula is BaLaO4P+2. The Kier molecular flexibility index (Phi) is 16.4. The van der Waals surface area contributed by atoms with Gasteiger partial charge in [0.25, 0.3) is 0 Å². The Morgan fingerprint density at radius 3 is 1.14 bits per heavy atom. The minimum atomic E-state index is -5.39. The molecule has 0 atom stereocenters. The smallest absolute Gasteiger partial charge is 0.822 e. The number of hydrogen-bond acceptors (Lipinski definition) is 4. The van der Waals surface area contributed by atoms with Gasteiger partial charge in [-0.25, -0.2) is 0 Å². The molecule has 0 aliphatic carbocycles. The van der Waals surface area contributed by atoms with E-state index in [0.717, 1.165) is 0 Å². The molecule has 0 spiro atoms. The maximum absolute atomic E-state index is 8.55. The zero-order chi connectivity index (χ0) is 4.50. The van der Waals surface area contributed by atoms with Crippen LogP contribution < -0.4 is 14.7 Å². The van der Waals surface area contributed by atoms with Gasteiger partial charge in [0.15, 0.2) is 0 Å². The molecule has 0 heterocycles. The van der Waals surface area contributed by atoms with Crippen molar-refractivity contribution < 1.29 is 54.8 Å². The van der Waals surface area contributed by atoms with Gasteiger partial charge >= 0.3 is 84.5 Å². The molecule has 0 unspecified atom stereocenters. The summed E-state index contributed by atoms with van der Waals surface area (Å²) in [6.07, 6.45) is 0. The van der Waals surface area contributed by atoms with Crippen LogP contribution in [0.15, 0.2) is 0 Å². The first-order valence-electron chi connectivity index (χ1n) is 0.730. The van der Waals surface area contributed by atoms with E-state index in [2.05, 4.69) is 0 Å². The van der Waals surface area contributed by atoms with Crippen LogP contribution in [0.25, 0.3) is 0 Å². The molecule has 7 heavy (non-hydrogen) atoms. The summed E-state index contributed by atoms with van der Waals surface area (Å²) in [5.41, 5.74) is 0. The Morgan fingerprint density at radius 1 is 1.14 bits per heavy atom. The van der Waals surface area contributed by atoms with Crippen LogP contribution in [0.3, 0.4) is 0 Å². The van der Waals surface area contributed by atoms with Crippen LogP contribution in [-0.2, 0) is 4.57 Å². The van der Waals surface area contributed by atoms with E-state index in [4.69, 9.17) is 19.2 Å². The topological polar surface area (TPSA) is 86.2 Å². The number of hydrogen-bond donors (Lipinski definition) is 0. The van der Waals surface area contributed by atoms with E-state index in [1.54, 1.807) is 0 Å². The Balaban J connectivity index is -0.0000000800. The summed E-state index contributed by atoms with van der Waals surface area (Å²) >= 11 is 0. The van der Waals surface area contributed by atoms with Crippen LogP contribution in [0, 0.1) is 35.6 Å². The van der Waals surface area contributed by atoms with Gasteiger partial charge in [0.05, 0.1) is 0 Å². The van der Waals surface area contributed by atoms with Crippen molar-refractivity contribution in [3.63, 3.8) is 0 Å². The second-order valence-electron chi connectivity index (χ2n) is 0.447. The van der Waals surface area contributed by atoms with E-state index in [0.29, 0.717) is 0 Å². The van der Waals surface area contributed by atoms with Crippen LogP contribution in [0.5, 0.6) is 0 Å². The van der Waals surface area contributed by atoms with Gasteiger partial charge in [0.2, 0.25) is 0 Å². The van der Waals surface area contributed by atoms with Gasteiger partial charge < -0.3 is 19.2 Å². The first kappa shape index (κ1) is 16.5. The van der Waals surface area contributed by atoms with Crippen LogP contribution in [0.4, 0.5) is 0 Å². The molecule has 0 amide bonds. The average molecular weight is 371 g/mol. The summed E-state index contributed by atoms with van der Waals surface area (Å²) in [4.78, 5) is 25.6. The van der Waals surface area contributed by atoms with E-state index in [9.17, 15) is 0 Å². The normalized spacial score (nSPS) is 8.43. The molecule has 0 bridgehead atoms. The molecule has 0 aliphatic heterocycles. The Labute approximate surface area is 109 Å². The van der Waals surface area contributed by atoms with Gasteiger partial charge in [-0.3, -0.25) is 0 Å². The molecular weight excluding hydrogens is 371 g/mol. The molecule has 0 saturated heterocycles. The standard InChI is InChI=1S/Ba.La.H3O4P/c;;1-5(2,3)4/h;;(H3,1,2,3,4)/q+2;+3;/p-3. The molecule has 0 aliphatic rings. The summed E-state index contributed by atoms with van der Waals surface area (Å²) in [5, 5.41) is 0. The third-order valence-electron chi connectivity index (χ3n) is 0. The second kappa shape index (κ2) is 6.99. The van der Waals surface area contributed by atoms with Gasteiger partial charge in [0.1, 0.15) is 0 Å². The van der Waals surface area contributed by atoms with Crippen molar-refractivity contribution in [1.29, 1.82) is 0 Å². The first-order valence-corrected chi connectivity index (χ1v) is 2.19. The summed E-state index contributed by atoms with van der Waals surface area (Å²) in [6, 6.07) is 0. The molecule has 0 aromatic rings. The maximum Gasteiger partial charge on any atom is 3.00 e. The van der Waals surface area contributed by atoms with Crippen molar-refractivity contribution in [3.05, 3.63) is 0 Å². The average Bonchev–Trinajstić information content (AvgIpc) is 0.722. The van der Waals surface area contributed by atoms with Crippen molar-refractivity contribution in [2.24, 2.45) is 0 Å². The van der Waals surface area contributed by atoms with Crippen molar-refractivity contribution in [2.45, 2.75) is 0 Å². The Bertz CT molecular complexity index is 57.8. The zero-order valence-corrected chi connectivity index (χ0v) is 12.3. The van der Waals surface area contributed by atoms with E-state index in [-0.39, 0.29) is 84.5 Å². The quantitative estimate of drug-likeness (QED) is 0.332. The van der Waals surface area contributed by atoms with Crippen molar-refractivity contribution >= 4 is 56.7 Å². The summed E-state index contributed by atoms with van der Waals surface area (Å²) in [5.74, 6) is 0. The van der Waals surface area contributed by atoms with Crippen molar-refractivity contribution in [2.75, 3.05) is 0 Å². The first-order chi connectivity index (χ1) is 2.00. The van der Waals surface area contributed by atoms with Gasteiger partial charge in [-0.2, -0.15) is 7.82 Å². The predicted molar refractivity (Wildman–Crippen MR) is 13.4 cm³/mol. The fourth-order valence-corrected chi connectivity index (χ4v) is 0. The van der Waals surface area contributed by atoms with Crippen molar-refractivity contribution in [3.8, 4) is 0 Å². The molecule has 0 N–H and O–H groups in total. The zero-order valence-electron chi connectivity index (χ0n) is 3.36. The van der Waals surface area contributed by atoms with Gasteiger partial charge in [-0.1, -0.05) is 0 Å². The minimum absolute atomic E-state index is 0. The molecule has 0 aromatic heterocycles. The summed E-state index contributed by atoms with van der Waals surface area (Å²) in [7, 11) is -5.39. The van der Waals surface area contributed by atoms with Crippen LogP contribution in [0.1, 0.15) is 0 Å². The predicted octanol–water partition coefficient (Wildman–Crippen LogP) is -3.21. The van der Waals surface area contributed by atoms with Crippen LogP contribution in [0.2, 0.25) is 0 Å². The van der Waals surface area contributed by atoms with E-state index in [1.807, 2.05) is 0 Å². The second-order valence-corrected chi connectivity index (χ2v) is 1.34. The van der Waals surface area contributed by atoms with Gasteiger partial charge in [0, 0.05) is 0 Å². The summed E-state index contributed by atoms with van der Waals surface area (Å²) < 4.78 is 8.55. The molecule has 0 radical (unpaired) electrons. The molecule has 0 aromatic carbocycles. The van der Waals surface area contributed by atoms with Crippen molar-refractivity contribution in [1.82, 2.24) is 0 Å². The monoisotopic (exact) mass is 372 g/mol. The minimum Gasteiger partial charge on any atom is -0.822 e. The SMILES string of the molecule is O=P([O-])([O-])[O-].[Ba+2].[La+3]. The Hall–Kier alpha value is 2.88. The van der Waals surface area contributed by atoms with Crippen LogP contribution in [-0.4, -0.2) is 48.9 Å². The molecule has 4 nitrogen and oxygen atoms in total. The summed E-state index contributed by atoms with van der Waals surface area (Å²) in [6.45, 7) is 0. The van der Waals surface area contributed by atoms with Crippen LogP contribution >= 0.6 is 7.82 Å². The third-order valence-corrected chi connectivity index (χ3v) is 0. The maximum atomic E-state index is 8.55. The number of rotatable bonds is 0. The van der Waals surface area contributed by atoms with E-state index < -0.39 is 7.82 Å². The molecule has 0 fully saturated rings. The van der Waals surface area contributed by atoms with Gasteiger partial charge in [-0.05, 0) is 0 Å².